The molecule has 0 radical (unpaired) electrons. The van der Waals surface area contributed by atoms with Crippen molar-refractivity contribution in [3.63, 3.8) is 0 Å². The normalized spacial score (nSPS) is 17.0. The first-order valence-corrected chi connectivity index (χ1v) is 6.84. The van der Waals surface area contributed by atoms with Gasteiger partial charge in [-0.3, -0.25) is 4.79 Å². The average molecular weight is 288 g/mol. The molecule has 1 aliphatic heterocycles. The number of carbonyl (C=O) groups is 1. The molecule has 0 N–H and O–H groups in total. The van der Waals surface area contributed by atoms with Gasteiger partial charge in [-0.05, 0) is 24.1 Å². The van der Waals surface area contributed by atoms with E-state index in [1.807, 2.05) is 24.3 Å². The molecule has 1 atom stereocenters. The zero-order valence-corrected chi connectivity index (χ0v) is 11.3. The highest BCUT2D eigenvalue weighted by Crippen LogP contribution is 2.34. The number of para-hydroxylation sites is 1. The molecule has 2 aromatic carbocycles. The van der Waals surface area contributed by atoms with Crippen molar-refractivity contribution in [2.24, 2.45) is 0 Å². The van der Waals surface area contributed by atoms with Gasteiger partial charge in [0.2, 0.25) is 0 Å². The van der Waals surface area contributed by atoms with Gasteiger partial charge in [-0.25, -0.2) is 8.78 Å². The molecule has 1 aliphatic rings. The Morgan fingerprint density at radius 3 is 2.81 bits per heavy atom. The highest BCUT2D eigenvalue weighted by molar-refractivity contribution is 5.88. The van der Waals surface area contributed by atoms with Crippen LogP contribution in [0.1, 0.15) is 23.5 Å². The first-order valence-electron chi connectivity index (χ1n) is 6.84. The maximum absolute atomic E-state index is 13.7. The molecule has 0 fully saturated rings. The fourth-order valence-electron chi connectivity index (χ4n) is 2.67. The lowest BCUT2D eigenvalue weighted by molar-refractivity contribution is -0.120. The quantitative estimate of drug-likeness (QED) is 0.862. The van der Waals surface area contributed by atoms with E-state index in [1.54, 1.807) is 0 Å². The van der Waals surface area contributed by atoms with Crippen molar-refractivity contribution in [3.05, 3.63) is 65.2 Å². The van der Waals surface area contributed by atoms with Crippen molar-refractivity contribution in [1.82, 2.24) is 0 Å². The zero-order chi connectivity index (χ0) is 14.8. The summed E-state index contributed by atoms with van der Waals surface area (Å²) in [6.07, 6.45) is 0.454. The number of rotatable bonds is 3. The number of benzene rings is 2. The van der Waals surface area contributed by atoms with Crippen LogP contribution in [0, 0.1) is 11.6 Å². The maximum atomic E-state index is 13.7. The Kier molecular flexibility index (Phi) is 3.69. The SMILES string of the molecule is O=C(Cc1cccc(F)c1F)C1CCOc2ccccc21. The molecule has 2 aromatic rings. The highest BCUT2D eigenvalue weighted by atomic mass is 19.2. The van der Waals surface area contributed by atoms with E-state index in [0.717, 1.165) is 11.6 Å². The minimum Gasteiger partial charge on any atom is -0.493 e. The number of hydrogen-bond donors (Lipinski definition) is 0. The Balaban J connectivity index is 1.85. The van der Waals surface area contributed by atoms with E-state index < -0.39 is 11.6 Å². The van der Waals surface area contributed by atoms with Gasteiger partial charge in [0.05, 0.1) is 6.61 Å². The largest absolute Gasteiger partial charge is 0.493 e. The molecule has 0 saturated carbocycles. The molecule has 4 heteroatoms. The number of halogens is 2. The lowest BCUT2D eigenvalue weighted by Gasteiger charge is -2.24. The Morgan fingerprint density at radius 2 is 1.95 bits per heavy atom. The second-order valence-electron chi connectivity index (χ2n) is 5.08. The van der Waals surface area contributed by atoms with Crippen LogP contribution in [0.25, 0.3) is 0 Å². The summed E-state index contributed by atoms with van der Waals surface area (Å²) >= 11 is 0. The van der Waals surface area contributed by atoms with Crippen LogP contribution < -0.4 is 4.74 Å². The summed E-state index contributed by atoms with van der Waals surface area (Å²) in [4.78, 5) is 12.4. The summed E-state index contributed by atoms with van der Waals surface area (Å²) in [7, 11) is 0. The zero-order valence-electron chi connectivity index (χ0n) is 11.3. The molecule has 0 aromatic heterocycles. The van der Waals surface area contributed by atoms with Gasteiger partial charge in [0, 0.05) is 17.9 Å². The van der Waals surface area contributed by atoms with Gasteiger partial charge in [0.1, 0.15) is 11.5 Å². The summed E-state index contributed by atoms with van der Waals surface area (Å²) in [6, 6.07) is 11.3. The molecule has 1 unspecified atom stereocenters. The van der Waals surface area contributed by atoms with Crippen LogP contribution in [0.4, 0.5) is 8.78 Å². The molecule has 0 bridgehead atoms. The fourth-order valence-corrected chi connectivity index (χ4v) is 2.67. The number of fused-ring (bicyclic) bond motifs is 1. The van der Waals surface area contributed by atoms with Crippen molar-refractivity contribution >= 4 is 5.78 Å². The lowest BCUT2D eigenvalue weighted by Crippen LogP contribution is -2.23. The Hall–Kier alpha value is -2.23. The van der Waals surface area contributed by atoms with E-state index in [4.69, 9.17) is 4.74 Å². The van der Waals surface area contributed by atoms with E-state index in [2.05, 4.69) is 0 Å². The second kappa shape index (κ2) is 5.64. The smallest absolute Gasteiger partial charge is 0.162 e. The van der Waals surface area contributed by atoms with E-state index in [9.17, 15) is 13.6 Å². The fraction of sp³-hybridized carbons (Fsp3) is 0.235. The van der Waals surface area contributed by atoms with E-state index in [-0.39, 0.29) is 23.7 Å². The Bertz CT molecular complexity index is 682. The van der Waals surface area contributed by atoms with Crippen LogP contribution in [0.3, 0.4) is 0 Å². The number of ketones is 1. The van der Waals surface area contributed by atoms with E-state index in [0.29, 0.717) is 18.8 Å². The van der Waals surface area contributed by atoms with Crippen molar-refractivity contribution in [2.45, 2.75) is 18.8 Å². The van der Waals surface area contributed by atoms with Gasteiger partial charge in [0.15, 0.2) is 11.6 Å². The van der Waals surface area contributed by atoms with Crippen LogP contribution in [-0.4, -0.2) is 12.4 Å². The molecule has 0 saturated heterocycles. The molecule has 3 rings (SSSR count). The third-order valence-corrected chi connectivity index (χ3v) is 3.74. The van der Waals surface area contributed by atoms with Gasteiger partial charge >= 0.3 is 0 Å². The summed E-state index contributed by atoms with van der Waals surface area (Å²) in [6.45, 7) is 0.457. The van der Waals surface area contributed by atoms with E-state index >= 15 is 0 Å². The standard InChI is InChI=1S/C17H14F2O2/c18-14-6-3-4-11(17(14)19)10-15(20)12-8-9-21-16-7-2-1-5-13(12)16/h1-7,12H,8-10H2. The van der Waals surface area contributed by atoms with Crippen molar-refractivity contribution < 1.29 is 18.3 Å². The summed E-state index contributed by atoms with van der Waals surface area (Å²) in [5, 5.41) is 0. The topological polar surface area (TPSA) is 26.3 Å². The molecule has 0 spiro atoms. The average Bonchev–Trinajstić information content (AvgIpc) is 2.51. The molecule has 0 amide bonds. The third kappa shape index (κ3) is 2.66. The molecule has 1 heterocycles. The number of hydrogen-bond acceptors (Lipinski definition) is 2. The lowest BCUT2D eigenvalue weighted by atomic mass is 9.86. The van der Waals surface area contributed by atoms with Crippen molar-refractivity contribution in [2.75, 3.05) is 6.61 Å². The first kappa shape index (κ1) is 13.7. The van der Waals surface area contributed by atoms with Gasteiger partial charge in [-0.15, -0.1) is 0 Å². The van der Waals surface area contributed by atoms with Crippen molar-refractivity contribution in [1.29, 1.82) is 0 Å². The summed E-state index contributed by atoms with van der Waals surface area (Å²) in [5.74, 6) is -1.60. The Morgan fingerprint density at radius 1 is 1.14 bits per heavy atom. The van der Waals surface area contributed by atoms with Gasteiger partial charge in [0.25, 0.3) is 0 Å². The van der Waals surface area contributed by atoms with Gasteiger partial charge < -0.3 is 4.74 Å². The summed E-state index contributed by atoms with van der Waals surface area (Å²) in [5.41, 5.74) is 0.925. The molecular weight excluding hydrogens is 274 g/mol. The Labute approximate surface area is 121 Å². The summed E-state index contributed by atoms with van der Waals surface area (Å²) < 4.78 is 32.4. The number of Topliss-reactive ketones (excluding diaryl/α,β-unsaturated/α-hetero) is 1. The number of carbonyl (C=O) groups excluding carboxylic acids is 1. The van der Waals surface area contributed by atoms with Crippen LogP contribution in [0.15, 0.2) is 42.5 Å². The molecule has 0 aliphatic carbocycles. The van der Waals surface area contributed by atoms with Crippen LogP contribution in [0.2, 0.25) is 0 Å². The molecular formula is C17H14F2O2. The van der Waals surface area contributed by atoms with Gasteiger partial charge in [-0.1, -0.05) is 30.3 Å². The monoisotopic (exact) mass is 288 g/mol. The first-order chi connectivity index (χ1) is 10.2. The van der Waals surface area contributed by atoms with Crippen molar-refractivity contribution in [3.8, 4) is 5.75 Å². The molecule has 2 nitrogen and oxygen atoms in total. The number of ether oxygens (including phenoxy) is 1. The predicted octanol–water partition coefficient (Wildman–Crippen LogP) is 3.64. The van der Waals surface area contributed by atoms with Crippen LogP contribution in [0.5, 0.6) is 5.75 Å². The predicted molar refractivity (Wildman–Crippen MR) is 74.4 cm³/mol. The van der Waals surface area contributed by atoms with Crippen LogP contribution >= 0.6 is 0 Å². The highest BCUT2D eigenvalue weighted by Gasteiger charge is 2.27. The van der Waals surface area contributed by atoms with Crippen LogP contribution in [-0.2, 0) is 11.2 Å². The van der Waals surface area contributed by atoms with Gasteiger partial charge in [-0.2, -0.15) is 0 Å². The second-order valence-corrected chi connectivity index (χ2v) is 5.08. The third-order valence-electron chi connectivity index (χ3n) is 3.74. The maximum Gasteiger partial charge on any atom is 0.162 e. The molecule has 21 heavy (non-hydrogen) atoms. The minimum atomic E-state index is -0.939. The molecule has 108 valence electrons. The van der Waals surface area contributed by atoms with E-state index in [1.165, 1.54) is 12.1 Å². The minimum absolute atomic E-state index is 0.101.